The second-order valence-corrected chi connectivity index (χ2v) is 8.49. The Hall–Kier alpha value is -2.87. The molecular weight excluding hydrogens is 394 g/mol. The second kappa shape index (κ2) is 8.34. The summed E-state index contributed by atoms with van der Waals surface area (Å²) in [6.45, 7) is 12.7. The first-order chi connectivity index (χ1) is 14.8. The lowest BCUT2D eigenvalue weighted by atomic mass is 10.0. The van der Waals surface area contributed by atoms with Gasteiger partial charge in [-0.15, -0.1) is 0 Å². The van der Waals surface area contributed by atoms with Crippen LogP contribution in [0.1, 0.15) is 58.7 Å². The highest BCUT2D eigenvalue weighted by Crippen LogP contribution is 2.32. The molecule has 3 aromatic rings. The number of rotatable bonds is 6. The van der Waals surface area contributed by atoms with Crippen LogP contribution in [0.3, 0.4) is 0 Å². The normalized spacial score (nSPS) is 13.8. The van der Waals surface area contributed by atoms with Crippen LogP contribution in [0, 0.1) is 20.8 Å². The maximum absolute atomic E-state index is 13.5. The molecular formula is C23H31N5O3. The zero-order chi connectivity index (χ0) is 22.3. The number of ether oxygens (including phenoxy) is 1. The number of hydrogen-bond donors (Lipinski definition) is 0. The van der Waals surface area contributed by atoms with E-state index in [9.17, 15) is 4.79 Å². The molecule has 0 aliphatic carbocycles. The van der Waals surface area contributed by atoms with E-state index in [2.05, 4.69) is 23.4 Å². The fraction of sp³-hybridized carbons (Fsp3) is 0.522. The minimum Gasteiger partial charge on any atom is -0.440 e. The van der Waals surface area contributed by atoms with Gasteiger partial charge in [-0.05, 0) is 40.7 Å². The van der Waals surface area contributed by atoms with Crippen molar-refractivity contribution in [3.63, 3.8) is 0 Å². The van der Waals surface area contributed by atoms with Gasteiger partial charge in [0.25, 0.3) is 5.91 Å². The zero-order valence-corrected chi connectivity index (χ0v) is 19.2. The number of fused-ring (bicyclic) bond motifs is 1. The second-order valence-electron chi connectivity index (χ2n) is 8.49. The molecule has 0 bridgehead atoms. The van der Waals surface area contributed by atoms with Gasteiger partial charge in [-0.25, -0.2) is 4.98 Å². The molecule has 166 valence electrons. The van der Waals surface area contributed by atoms with E-state index in [0.29, 0.717) is 25.6 Å². The van der Waals surface area contributed by atoms with Gasteiger partial charge in [-0.2, -0.15) is 5.10 Å². The number of methoxy groups -OCH3 is 1. The molecule has 0 fully saturated rings. The molecule has 0 N–H and O–H groups in total. The van der Waals surface area contributed by atoms with Crippen molar-refractivity contribution in [1.82, 2.24) is 24.2 Å². The lowest BCUT2D eigenvalue weighted by Gasteiger charge is -2.28. The van der Waals surface area contributed by atoms with Crippen LogP contribution in [-0.4, -0.2) is 50.4 Å². The quantitative estimate of drug-likeness (QED) is 0.602. The Morgan fingerprint density at radius 2 is 2.06 bits per heavy atom. The Balaban J connectivity index is 1.67. The molecule has 1 aliphatic heterocycles. The number of amides is 1. The standard InChI is InChI=1S/C23H31N5O3/c1-14(2)28-20-7-8-26(13-19(20)21(25-28)22-24-12-16(4)31-22)23(29)18-11-15(3)27(17(18)5)9-10-30-6/h11-12,14H,7-10,13H2,1-6H3. The predicted molar refractivity (Wildman–Crippen MR) is 117 cm³/mol. The third-order valence-electron chi connectivity index (χ3n) is 6.01. The molecule has 1 amide bonds. The maximum Gasteiger partial charge on any atom is 0.255 e. The lowest BCUT2D eigenvalue weighted by molar-refractivity contribution is 0.0732. The first-order valence-corrected chi connectivity index (χ1v) is 10.8. The summed E-state index contributed by atoms with van der Waals surface area (Å²) >= 11 is 0. The lowest BCUT2D eigenvalue weighted by Crippen LogP contribution is -2.36. The molecule has 0 atom stereocenters. The molecule has 0 unspecified atom stereocenters. The van der Waals surface area contributed by atoms with E-state index in [-0.39, 0.29) is 11.9 Å². The van der Waals surface area contributed by atoms with Gasteiger partial charge < -0.3 is 18.6 Å². The molecule has 0 radical (unpaired) electrons. The number of carbonyl (C=O) groups is 1. The van der Waals surface area contributed by atoms with E-state index in [1.807, 2.05) is 36.4 Å². The van der Waals surface area contributed by atoms with Crippen LogP contribution >= 0.6 is 0 Å². The minimum atomic E-state index is 0.0502. The van der Waals surface area contributed by atoms with E-state index < -0.39 is 0 Å². The molecule has 8 heteroatoms. The summed E-state index contributed by atoms with van der Waals surface area (Å²) in [5.74, 6) is 1.31. The van der Waals surface area contributed by atoms with Crippen molar-refractivity contribution in [1.29, 1.82) is 0 Å². The summed E-state index contributed by atoms with van der Waals surface area (Å²) in [5.41, 5.74) is 5.73. The minimum absolute atomic E-state index is 0.0502. The van der Waals surface area contributed by atoms with E-state index in [4.69, 9.17) is 14.3 Å². The highest BCUT2D eigenvalue weighted by Gasteiger charge is 2.31. The maximum atomic E-state index is 13.5. The SMILES string of the molecule is COCCn1c(C)cc(C(=O)N2CCc3c(c(-c4ncc(C)o4)nn3C(C)C)C2)c1C. The molecule has 1 aliphatic rings. The van der Waals surface area contributed by atoms with Crippen molar-refractivity contribution in [2.75, 3.05) is 20.3 Å². The number of carbonyl (C=O) groups excluding carboxylic acids is 1. The summed E-state index contributed by atoms with van der Waals surface area (Å²) in [6.07, 6.45) is 2.46. The summed E-state index contributed by atoms with van der Waals surface area (Å²) in [4.78, 5) is 19.8. The van der Waals surface area contributed by atoms with Gasteiger partial charge in [0.2, 0.25) is 5.89 Å². The van der Waals surface area contributed by atoms with Crippen LogP contribution in [0.15, 0.2) is 16.7 Å². The summed E-state index contributed by atoms with van der Waals surface area (Å²) in [6, 6.07) is 2.21. The van der Waals surface area contributed by atoms with Crippen molar-refractivity contribution in [2.24, 2.45) is 0 Å². The number of aryl methyl sites for hydroxylation is 2. The third kappa shape index (κ3) is 3.80. The molecule has 0 saturated carbocycles. The van der Waals surface area contributed by atoms with E-state index in [1.165, 1.54) is 0 Å². The van der Waals surface area contributed by atoms with Crippen LogP contribution < -0.4 is 0 Å². The van der Waals surface area contributed by atoms with Crippen LogP contribution in [0.25, 0.3) is 11.6 Å². The third-order valence-corrected chi connectivity index (χ3v) is 6.01. The number of aromatic nitrogens is 4. The highest BCUT2D eigenvalue weighted by atomic mass is 16.5. The Kier molecular flexibility index (Phi) is 5.75. The molecule has 8 nitrogen and oxygen atoms in total. The molecule has 0 saturated heterocycles. The summed E-state index contributed by atoms with van der Waals surface area (Å²) < 4.78 is 15.2. The van der Waals surface area contributed by atoms with Crippen molar-refractivity contribution >= 4 is 5.91 Å². The van der Waals surface area contributed by atoms with Gasteiger partial charge in [0.15, 0.2) is 5.69 Å². The Bertz CT molecular complexity index is 1110. The van der Waals surface area contributed by atoms with E-state index >= 15 is 0 Å². The molecule has 3 aromatic heterocycles. The van der Waals surface area contributed by atoms with Gasteiger partial charge in [0.05, 0.1) is 24.9 Å². The fourth-order valence-corrected chi connectivity index (χ4v) is 4.40. The van der Waals surface area contributed by atoms with Crippen LogP contribution in [-0.2, 0) is 24.2 Å². The average molecular weight is 426 g/mol. The largest absolute Gasteiger partial charge is 0.440 e. The van der Waals surface area contributed by atoms with Gasteiger partial charge in [0.1, 0.15) is 5.76 Å². The fourth-order valence-electron chi connectivity index (χ4n) is 4.40. The molecule has 4 heterocycles. The van der Waals surface area contributed by atoms with Crippen molar-refractivity contribution < 1.29 is 13.9 Å². The number of nitrogens with zero attached hydrogens (tertiary/aromatic N) is 5. The molecule has 0 spiro atoms. The van der Waals surface area contributed by atoms with Gasteiger partial charge in [-0.1, -0.05) is 0 Å². The van der Waals surface area contributed by atoms with E-state index in [0.717, 1.165) is 52.6 Å². The van der Waals surface area contributed by atoms with E-state index in [1.54, 1.807) is 13.3 Å². The van der Waals surface area contributed by atoms with Gasteiger partial charge in [-0.3, -0.25) is 9.48 Å². The average Bonchev–Trinajstić information content (AvgIpc) is 3.41. The smallest absolute Gasteiger partial charge is 0.255 e. The van der Waals surface area contributed by atoms with Crippen molar-refractivity contribution in [3.8, 4) is 11.6 Å². The highest BCUT2D eigenvalue weighted by molar-refractivity contribution is 5.96. The summed E-state index contributed by atoms with van der Waals surface area (Å²) in [5, 5.41) is 4.82. The Morgan fingerprint density at radius 3 is 2.71 bits per heavy atom. The van der Waals surface area contributed by atoms with Crippen molar-refractivity contribution in [2.45, 2.75) is 60.2 Å². The number of hydrogen-bond acceptors (Lipinski definition) is 5. The Morgan fingerprint density at radius 1 is 1.29 bits per heavy atom. The first-order valence-electron chi connectivity index (χ1n) is 10.8. The predicted octanol–water partition coefficient (Wildman–Crippen LogP) is 3.69. The molecule has 4 rings (SSSR count). The zero-order valence-electron chi connectivity index (χ0n) is 19.2. The number of oxazole rings is 1. The monoisotopic (exact) mass is 425 g/mol. The Labute approximate surface area is 182 Å². The van der Waals surface area contributed by atoms with Crippen LogP contribution in [0.2, 0.25) is 0 Å². The molecule has 0 aromatic carbocycles. The molecule has 31 heavy (non-hydrogen) atoms. The van der Waals surface area contributed by atoms with Crippen LogP contribution in [0.4, 0.5) is 0 Å². The van der Waals surface area contributed by atoms with Crippen molar-refractivity contribution in [3.05, 3.63) is 46.2 Å². The summed E-state index contributed by atoms with van der Waals surface area (Å²) in [7, 11) is 1.69. The first kappa shape index (κ1) is 21.4. The van der Waals surface area contributed by atoms with Gasteiger partial charge in [0, 0.05) is 55.3 Å². The topological polar surface area (TPSA) is 78.3 Å². The van der Waals surface area contributed by atoms with Crippen LogP contribution in [0.5, 0.6) is 0 Å². The van der Waals surface area contributed by atoms with Gasteiger partial charge >= 0.3 is 0 Å².